The van der Waals surface area contributed by atoms with Gasteiger partial charge in [-0.25, -0.2) is 9.48 Å². The van der Waals surface area contributed by atoms with E-state index in [0.717, 1.165) is 39.2 Å². The zero-order valence-electron chi connectivity index (χ0n) is 17.5. The zero-order valence-corrected chi connectivity index (χ0v) is 17.5. The van der Waals surface area contributed by atoms with Gasteiger partial charge in [0.25, 0.3) is 0 Å². The molecule has 0 bridgehead atoms. The van der Waals surface area contributed by atoms with Gasteiger partial charge in [-0.1, -0.05) is 25.1 Å². The number of rotatable bonds is 6. The first kappa shape index (κ1) is 19.9. The summed E-state index contributed by atoms with van der Waals surface area (Å²) in [6, 6.07) is 13.4. The number of aromatic hydroxyl groups is 1. The van der Waals surface area contributed by atoms with Gasteiger partial charge >= 0.3 is 5.63 Å². The van der Waals surface area contributed by atoms with Crippen molar-refractivity contribution in [3.05, 3.63) is 87.5 Å². The summed E-state index contributed by atoms with van der Waals surface area (Å²) in [5.41, 5.74) is 4.58. The Morgan fingerprint density at radius 1 is 1.17 bits per heavy atom. The number of quaternary nitrogens is 1. The fourth-order valence-corrected chi connectivity index (χ4v) is 3.89. The molecule has 0 aliphatic carbocycles. The Hall–Kier alpha value is -3.38. The lowest BCUT2D eigenvalue weighted by Gasteiger charge is -2.17. The lowest BCUT2D eigenvalue weighted by Crippen LogP contribution is -3.06. The molecule has 4 aromatic rings. The van der Waals surface area contributed by atoms with Gasteiger partial charge < -0.3 is 14.4 Å². The second-order valence-corrected chi connectivity index (χ2v) is 7.78. The largest absolute Gasteiger partial charge is 0.507 e. The van der Waals surface area contributed by atoms with Crippen LogP contribution in [0, 0.1) is 6.92 Å². The molecule has 0 spiro atoms. The van der Waals surface area contributed by atoms with E-state index in [0.29, 0.717) is 24.1 Å². The predicted octanol–water partition coefficient (Wildman–Crippen LogP) is 2.77. The standard InChI is InChI=1S/C24H25N3O3/c1-4-18-11-20-16(2)10-22(28)30-24(20)21(23(18)29)15-26(3)13-17-12-25-27(14-17)19-8-6-5-7-9-19/h5-12,14,29H,4,13,15H2,1-3H3/p+1. The van der Waals surface area contributed by atoms with Crippen LogP contribution in [0.25, 0.3) is 16.7 Å². The third-order valence-electron chi connectivity index (χ3n) is 5.41. The van der Waals surface area contributed by atoms with E-state index in [1.807, 2.05) is 67.3 Å². The van der Waals surface area contributed by atoms with Gasteiger partial charge in [-0.15, -0.1) is 0 Å². The molecule has 0 radical (unpaired) electrons. The number of phenolic OH excluding ortho intramolecular Hbond substituents is 1. The molecule has 0 saturated carbocycles. The van der Waals surface area contributed by atoms with E-state index < -0.39 is 5.63 Å². The molecule has 4 rings (SSSR count). The van der Waals surface area contributed by atoms with Crippen molar-refractivity contribution in [1.29, 1.82) is 0 Å². The van der Waals surface area contributed by atoms with E-state index in [2.05, 4.69) is 12.1 Å². The number of benzene rings is 2. The highest BCUT2D eigenvalue weighted by Gasteiger charge is 2.20. The molecule has 0 amide bonds. The number of hydrogen-bond acceptors (Lipinski definition) is 4. The lowest BCUT2D eigenvalue weighted by atomic mass is 9.99. The molecule has 2 aromatic heterocycles. The van der Waals surface area contributed by atoms with Crippen LogP contribution in [0.1, 0.15) is 29.2 Å². The van der Waals surface area contributed by atoms with Gasteiger partial charge in [-0.2, -0.15) is 5.10 Å². The van der Waals surface area contributed by atoms with Crippen molar-refractivity contribution in [2.45, 2.75) is 33.4 Å². The second-order valence-electron chi connectivity index (χ2n) is 7.78. The quantitative estimate of drug-likeness (QED) is 0.485. The average Bonchev–Trinajstić information content (AvgIpc) is 3.19. The molecular weight excluding hydrogens is 378 g/mol. The first-order chi connectivity index (χ1) is 14.5. The Labute approximate surface area is 175 Å². The molecule has 0 fully saturated rings. The van der Waals surface area contributed by atoms with E-state index in [1.54, 1.807) is 0 Å². The lowest BCUT2D eigenvalue weighted by molar-refractivity contribution is -0.907. The molecule has 0 aliphatic heterocycles. The third kappa shape index (κ3) is 3.86. The highest BCUT2D eigenvalue weighted by molar-refractivity contribution is 5.86. The molecule has 0 aliphatic rings. The van der Waals surface area contributed by atoms with Crippen molar-refractivity contribution in [3.63, 3.8) is 0 Å². The van der Waals surface area contributed by atoms with E-state index in [-0.39, 0.29) is 5.75 Å². The van der Waals surface area contributed by atoms with Crippen LogP contribution < -0.4 is 10.5 Å². The second kappa shape index (κ2) is 8.16. The highest BCUT2D eigenvalue weighted by Crippen LogP contribution is 2.32. The van der Waals surface area contributed by atoms with Gasteiger partial charge in [0.1, 0.15) is 18.8 Å². The maximum Gasteiger partial charge on any atom is 0.336 e. The first-order valence-electron chi connectivity index (χ1n) is 10.1. The number of phenols is 1. The normalized spacial score (nSPS) is 12.4. The minimum atomic E-state index is -0.397. The Kier molecular flexibility index (Phi) is 5.42. The molecule has 2 aromatic carbocycles. The van der Waals surface area contributed by atoms with E-state index in [4.69, 9.17) is 4.42 Å². The minimum Gasteiger partial charge on any atom is -0.507 e. The van der Waals surface area contributed by atoms with Gasteiger partial charge in [-0.05, 0) is 42.7 Å². The summed E-state index contributed by atoms with van der Waals surface area (Å²) in [5.74, 6) is 0.220. The summed E-state index contributed by atoms with van der Waals surface area (Å²) in [7, 11) is 2.05. The summed E-state index contributed by atoms with van der Waals surface area (Å²) < 4.78 is 7.38. The molecule has 1 unspecified atom stereocenters. The highest BCUT2D eigenvalue weighted by atomic mass is 16.4. The SMILES string of the molecule is CCc1cc2c(C)cc(=O)oc2c(C[NH+](C)Cc2cnn(-c3ccccc3)c2)c1O. The number of aryl methyl sites for hydroxylation is 2. The molecule has 2 heterocycles. The maximum atomic E-state index is 12.0. The van der Waals surface area contributed by atoms with Crippen LogP contribution in [-0.4, -0.2) is 21.9 Å². The monoisotopic (exact) mass is 404 g/mol. The molecular formula is C24H26N3O3+. The molecule has 30 heavy (non-hydrogen) atoms. The number of para-hydroxylation sites is 1. The fourth-order valence-electron chi connectivity index (χ4n) is 3.89. The fraction of sp³-hybridized carbons (Fsp3) is 0.250. The van der Waals surface area contributed by atoms with Crippen molar-refractivity contribution >= 4 is 11.0 Å². The molecule has 1 atom stereocenters. The van der Waals surface area contributed by atoms with Gasteiger partial charge in [0.05, 0.1) is 24.5 Å². The smallest absolute Gasteiger partial charge is 0.336 e. The van der Waals surface area contributed by atoms with Crippen LogP contribution >= 0.6 is 0 Å². The van der Waals surface area contributed by atoms with Crippen LogP contribution in [0.5, 0.6) is 5.75 Å². The van der Waals surface area contributed by atoms with Crippen LogP contribution in [0.3, 0.4) is 0 Å². The Balaban J connectivity index is 1.63. The topological polar surface area (TPSA) is 72.7 Å². The van der Waals surface area contributed by atoms with Crippen LogP contribution in [0.2, 0.25) is 0 Å². The number of fused-ring (bicyclic) bond motifs is 1. The van der Waals surface area contributed by atoms with Crippen LogP contribution in [-0.2, 0) is 19.5 Å². The summed E-state index contributed by atoms with van der Waals surface area (Å²) >= 11 is 0. The molecule has 0 saturated heterocycles. The van der Waals surface area contributed by atoms with Crippen molar-refractivity contribution in [3.8, 4) is 11.4 Å². The number of hydrogen-bond donors (Lipinski definition) is 2. The molecule has 154 valence electrons. The Bertz CT molecular complexity index is 1240. The van der Waals surface area contributed by atoms with Crippen molar-refractivity contribution in [1.82, 2.24) is 9.78 Å². The number of nitrogens with one attached hydrogen (secondary N) is 1. The van der Waals surface area contributed by atoms with Crippen LogP contribution in [0.4, 0.5) is 0 Å². The summed E-state index contributed by atoms with van der Waals surface area (Å²) in [4.78, 5) is 13.1. The van der Waals surface area contributed by atoms with Crippen molar-refractivity contribution < 1.29 is 14.4 Å². The van der Waals surface area contributed by atoms with E-state index >= 15 is 0 Å². The predicted molar refractivity (Wildman–Crippen MR) is 116 cm³/mol. The Morgan fingerprint density at radius 2 is 1.93 bits per heavy atom. The number of nitrogens with zero attached hydrogens (tertiary/aromatic N) is 2. The maximum absolute atomic E-state index is 12.0. The zero-order chi connectivity index (χ0) is 21.3. The summed E-state index contributed by atoms with van der Waals surface area (Å²) in [5, 5.41) is 16.2. The third-order valence-corrected chi connectivity index (χ3v) is 5.41. The van der Waals surface area contributed by atoms with Gasteiger partial charge in [0, 0.05) is 23.2 Å². The average molecular weight is 404 g/mol. The molecule has 6 nitrogen and oxygen atoms in total. The molecule has 2 N–H and O–H groups in total. The number of aromatic nitrogens is 2. The minimum absolute atomic E-state index is 0.220. The summed E-state index contributed by atoms with van der Waals surface area (Å²) in [6.45, 7) is 5.15. The van der Waals surface area contributed by atoms with E-state index in [9.17, 15) is 9.90 Å². The van der Waals surface area contributed by atoms with Crippen LogP contribution in [0.15, 0.2) is 64.1 Å². The van der Waals surface area contributed by atoms with Crippen molar-refractivity contribution in [2.75, 3.05) is 7.05 Å². The van der Waals surface area contributed by atoms with Gasteiger partial charge in [0.2, 0.25) is 0 Å². The van der Waals surface area contributed by atoms with E-state index in [1.165, 1.54) is 6.07 Å². The Morgan fingerprint density at radius 3 is 2.67 bits per heavy atom. The van der Waals surface area contributed by atoms with Gasteiger partial charge in [-0.3, -0.25) is 0 Å². The summed E-state index contributed by atoms with van der Waals surface area (Å²) in [6.07, 6.45) is 4.58. The first-order valence-corrected chi connectivity index (χ1v) is 10.1. The molecule has 6 heteroatoms. The van der Waals surface area contributed by atoms with Gasteiger partial charge in [0.15, 0.2) is 5.58 Å². The van der Waals surface area contributed by atoms with Crippen molar-refractivity contribution in [2.24, 2.45) is 0 Å².